The van der Waals surface area contributed by atoms with Gasteiger partial charge >= 0.3 is 59.1 Å². The van der Waals surface area contributed by atoms with Crippen LogP contribution in [0.2, 0.25) is 0 Å². The first-order valence-electron chi connectivity index (χ1n) is 3.79. The van der Waals surface area contributed by atoms with Gasteiger partial charge < -0.3 is 0 Å². The molecule has 0 aliphatic rings. The van der Waals surface area contributed by atoms with E-state index in [0.29, 0.717) is 0 Å². The molecule has 14 heavy (non-hydrogen) atoms. The Hall–Kier alpha value is 0.300. The predicted octanol–water partition coefficient (Wildman–Crippen LogP) is 0.847. The Balaban J connectivity index is 0.000000845. The third kappa shape index (κ3) is 3.81. The molecule has 0 fully saturated rings. The van der Waals surface area contributed by atoms with Crippen molar-refractivity contribution in [3.05, 3.63) is 48.8 Å². The first kappa shape index (κ1) is 14.3. The molecule has 0 bridgehead atoms. The van der Waals surface area contributed by atoms with E-state index in [4.69, 9.17) is 0 Å². The van der Waals surface area contributed by atoms with Crippen LogP contribution < -0.4 is 0 Å². The standard InChI is InChI=1S/C10H8N2.2Na.2H/c1-3-7-11-9(5-1)10-6-2-4-8-12-10;;;;/h1-8H;;;;. The smallest absolute Gasteiger partial charge is 0.0886 e. The molecule has 0 aliphatic heterocycles. The van der Waals surface area contributed by atoms with Crippen LogP contribution in [0.5, 0.6) is 0 Å². The quantitative estimate of drug-likeness (QED) is 0.643. The summed E-state index contributed by atoms with van der Waals surface area (Å²) in [6.07, 6.45) is 3.54. The van der Waals surface area contributed by atoms with Crippen LogP contribution in [0.25, 0.3) is 11.4 Å². The van der Waals surface area contributed by atoms with Crippen molar-refractivity contribution < 1.29 is 0 Å². The van der Waals surface area contributed by atoms with Crippen LogP contribution in [0, 0.1) is 0 Å². The molecule has 4 heteroatoms. The van der Waals surface area contributed by atoms with Gasteiger partial charge in [0.25, 0.3) is 0 Å². The molecule has 0 saturated carbocycles. The minimum Gasteiger partial charge on any atom is -0.255 e. The maximum absolute atomic E-state index is 4.19. The summed E-state index contributed by atoms with van der Waals surface area (Å²) in [7, 11) is 0. The number of rotatable bonds is 1. The van der Waals surface area contributed by atoms with Gasteiger partial charge in [-0.15, -0.1) is 0 Å². The van der Waals surface area contributed by atoms with Crippen molar-refractivity contribution in [3.8, 4) is 11.4 Å². The molecular weight excluding hydrogens is 194 g/mol. The predicted molar refractivity (Wildman–Crippen MR) is 61.8 cm³/mol. The van der Waals surface area contributed by atoms with Crippen molar-refractivity contribution >= 4 is 59.1 Å². The first-order valence-corrected chi connectivity index (χ1v) is 3.79. The molecular formula is C10H10N2Na2. The summed E-state index contributed by atoms with van der Waals surface area (Å²) in [5.74, 6) is 0. The minimum atomic E-state index is 0. The topological polar surface area (TPSA) is 25.8 Å². The van der Waals surface area contributed by atoms with Crippen molar-refractivity contribution in [1.82, 2.24) is 9.97 Å². The molecule has 2 aromatic heterocycles. The number of hydrogen-bond donors (Lipinski definition) is 0. The Morgan fingerprint density at radius 2 is 1.07 bits per heavy atom. The molecule has 0 radical (unpaired) electrons. The Kier molecular flexibility index (Phi) is 7.74. The number of pyridine rings is 2. The van der Waals surface area contributed by atoms with E-state index < -0.39 is 0 Å². The van der Waals surface area contributed by atoms with Crippen molar-refractivity contribution in [3.63, 3.8) is 0 Å². The second kappa shape index (κ2) is 7.57. The monoisotopic (exact) mass is 204 g/mol. The summed E-state index contributed by atoms with van der Waals surface area (Å²) < 4.78 is 0. The van der Waals surface area contributed by atoms with E-state index in [2.05, 4.69) is 9.97 Å². The molecule has 0 unspecified atom stereocenters. The molecule has 2 nitrogen and oxygen atoms in total. The van der Waals surface area contributed by atoms with Gasteiger partial charge in [-0.2, -0.15) is 0 Å². The molecule has 0 atom stereocenters. The van der Waals surface area contributed by atoms with Crippen molar-refractivity contribution in [2.24, 2.45) is 0 Å². The van der Waals surface area contributed by atoms with Crippen LogP contribution in [0.15, 0.2) is 48.8 Å². The molecule has 0 saturated heterocycles. The summed E-state index contributed by atoms with van der Waals surface area (Å²) in [5, 5.41) is 0. The Labute approximate surface area is 128 Å². The first-order chi connectivity index (χ1) is 5.97. The van der Waals surface area contributed by atoms with E-state index in [9.17, 15) is 0 Å². The average Bonchev–Trinajstić information content (AvgIpc) is 2.21. The Bertz CT molecular complexity index is 314. The van der Waals surface area contributed by atoms with Gasteiger partial charge in [0.15, 0.2) is 0 Å². The normalized spacial score (nSPS) is 8.29. The largest absolute Gasteiger partial charge is 0.255 e. The summed E-state index contributed by atoms with van der Waals surface area (Å²) >= 11 is 0. The number of hydrogen-bond acceptors (Lipinski definition) is 2. The van der Waals surface area contributed by atoms with E-state index in [0.717, 1.165) is 11.4 Å². The third-order valence-corrected chi connectivity index (χ3v) is 1.59. The minimum absolute atomic E-state index is 0. The van der Waals surface area contributed by atoms with Gasteiger partial charge in [0.2, 0.25) is 0 Å². The second-order valence-corrected chi connectivity index (χ2v) is 2.43. The van der Waals surface area contributed by atoms with E-state index in [-0.39, 0.29) is 59.1 Å². The van der Waals surface area contributed by atoms with E-state index in [1.165, 1.54) is 0 Å². The van der Waals surface area contributed by atoms with Gasteiger partial charge in [0.1, 0.15) is 0 Å². The second-order valence-electron chi connectivity index (χ2n) is 2.43. The zero-order valence-corrected chi connectivity index (χ0v) is 6.51. The van der Waals surface area contributed by atoms with Gasteiger partial charge in [-0.25, -0.2) is 0 Å². The van der Waals surface area contributed by atoms with Crippen LogP contribution in [-0.4, -0.2) is 69.1 Å². The van der Waals surface area contributed by atoms with Crippen LogP contribution in [-0.2, 0) is 0 Å². The summed E-state index contributed by atoms with van der Waals surface area (Å²) in [5.41, 5.74) is 1.83. The molecule has 2 rings (SSSR count). The van der Waals surface area contributed by atoms with Crippen molar-refractivity contribution in [2.75, 3.05) is 0 Å². The molecule has 0 aliphatic carbocycles. The zero-order chi connectivity index (χ0) is 8.23. The Morgan fingerprint density at radius 1 is 0.643 bits per heavy atom. The molecule has 2 aromatic rings. The number of aromatic nitrogens is 2. The average molecular weight is 204 g/mol. The molecule has 0 amide bonds. The maximum Gasteiger partial charge on any atom is 0.0886 e. The van der Waals surface area contributed by atoms with Crippen LogP contribution in [0.4, 0.5) is 0 Å². The summed E-state index contributed by atoms with van der Waals surface area (Å²) in [4.78, 5) is 8.37. The van der Waals surface area contributed by atoms with Gasteiger partial charge in [-0.05, 0) is 24.3 Å². The fraction of sp³-hybridized carbons (Fsp3) is 0. The van der Waals surface area contributed by atoms with Gasteiger partial charge in [0, 0.05) is 12.4 Å². The summed E-state index contributed by atoms with van der Waals surface area (Å²) in [6.45, 7) is 0. The SMILES string of the molecule is [NaH].[NaH].c1ccc(-c2ccccn2)nc1. The zero-order valence-electron chi connectivity index (χ0n) is 6.51. The molecule has 0 N–H and O–H groups in total. The summed E-state index contributed by atoms with van der Waals surface area (Å²) in [6, 6.07) is 11.6. The molecule has 0 aromatic carbocycles. The fourth-order valence-corrected chi connectivity index (χ4v) is 1.03. The van der Waals surface area contributed by atoms with E-state index in [1.54, 1.807) is 12.4 Å². The van der Waals surface area contributed by atoms with Gasteiger partial charge in [-0.3, -0.25) is 9.97 Å². The van der Waals surface area contributed by atoms with Gasteiger partial charge in [-0.1, -0.05) is 12.1 Å². The molecule has 62 valence electrons. The van der Waals surface area contributed by atoms with Crippen LogP contribution in [0.1, 0.15) is 0 Å². The van der Waals surface area contributed by atoms with E-state index in [1.807, 2.05) is 36.4 Å². The van der Waals surface area contributed by atoms with Crippen LogP contribution in [0.3, 0.4) is 0 Å². The Morgan fingerprint density at radius 3 is 1.36 bits per heavy atom. The fourth-order valence-electron chi connectivity index (χ4n) is 1.03. The maximum atomic E-state index is 4.19. The third-order valence-electron chi connectivity index (χ3n) is 1.59. The van der Waals surface area contributed by atoms with Crippen molar-refractivity contribution in [1.29, 1.82) is 0 Å². The van der Waals surface area contributed by atoms with Gasteiger partial charge in [0.05, 0.1) is 11.4 Å². The molecule has 0 spiro atoms. The van der Waals surface area contributed by atoms with Crippen LogP contribution >= 0.6 is 0 Å². The number of nitrogens with zero attached hydrogens (tertiary/aromatic N) is 2. The molecule has 2 heterocycles. The van der Waals surface area contributed by atoms with E-state index >= 15 is 0 Å². The van der Waals surface area contributed by atoms with Crippen molar-refractivity contribution in [2.45, 2.75) is 0 Å².